The Labute approximate surface area is 142 Å². The molecule has 2 aromatic carbocycles. The van der Waals surface area contributed by atoms with E-state index in [2.05, 4.69) is 25.9 Å². The Kier molecular flexibility index (Phi) is 5.44. The van der Waals surface area contributed by atoms with Crippen molar-refractivity contribution in [3.05, 3.63) is 57.5 Å². The van der Waals surface area contributed by atoms with Crippen LogP contribution in [0.15, 0.2) is 56.9 Å². The van der Waals surface area contributed by atoms with Crippen molar-refractivity contribution in [3.8, 4) is 5.75 Å². The molecule has 0 spiro atoms. The lowest BCUT2D eigenvalue weighted by Crippen LogP contribution is -2.18. The van der Waals surface area contributed by atoms with Gasteiger partial charge in [-0.25, -0.2) is 4.83 Å². The maximum absolute atomic E-state index is 12.0. The van der Waals surface area contributed by atoms with Crippen molar-refractivity contribution in [1.29, 1.82) is 0 Å². The summed E-state index contributed by atoms with van der Waals surface area (Å²) in [5.74, 6) is 0.644. The van der Waals surface area contributed by atoms with Gasteiger partial charge in [-0.3, -0.25) is 0 Å². The predicted molar refractivity (Wildman–Crippen MR) is 90.1 cm³/mol. The maximum Gasteiger partial charge on any atom is 0.276 e. The van der Waals surface area contributed by atoms with Crippen molar-refractivity contribution < 1.29 is 13.2 Å². The molecule has 116 valence electrons. The number of nitrogens with one attached hydrogen (secondary N) is 1. The second kappa shape index (κ2) is 7.13. The van der Waals surface area contributed by atoms with Crippen LogP contribution in [0.1, 0.15) is 5.56 Å². The third kappa shape index (κ3) is 4.22. The summed E-state index contributed by atoms with van der Waals surface area (Å²) >= 11 is 9.08. The van der Waals surface area contributed by atoms with Crippen LogP contribution in [-0.4, -0.2) is 21.7 Å². The Morgan fingerprint density at radius 3 is 2.55 bits per heavy atom. The largest absolute Gasteiger partial charge is 0.497 e. The molecule has 0 heterocycles. The first kappa shape index (κ1) is 16.8. The number of hydrazone groups is 1. The van der Waals surface area contributed by atoms with Gasteiger partial charge in [-0.2, -0.15) is 13.5 Å². The Balaban J connectivity index is 2.16. The molecule has 2 aromatic rings. The van der Waals surface area contributed by atoms with E-state index in [9.17, 15) is 8.42 Å². The van der Waals surface area contributed by atoms with Crippen LogP contribution < -0.4 is 9.57 Å². The smallest absolute Gasteiger partial charge is 0.276 e. The Hall–Kier alpha value is -1.57. The van der Waals surface area contributed by atoms with Gasteiger partial charge in [0.15, 0.2) is 0 Å². The lowest BCUT2D eigenvalue weighted by molar-refractivity contribution is 0.414. The van der Waals surface area contributed by atoms with Crippen molar-refractivity contribution in [1.82, 2.24) is 4.83 Å². The van der Waals surface area contributed by atoms with Gasteiger partial charge in [-0.15, -0.1) is 0 Å². The Morgan fingerprint density at radius 2 is 1.91 bits per heavy atom. The number of sulfonamides is 1. The van der Waals surface area contributed by atoms with Crippen LogP contribution in [0, 0.1) is 0 Å². The van der Waals surface area contributed by atoms with Crippen LogP contribution in [0.25, 0.3) is 0 Å². The number of nitrogens with zero attached hydrogens (tertiary/aromatic N) is 1. The van der Waals surface area contributed by atoms with Crippen molar-refractivity contribution in [2.24, 2.45) is 5.10 Å². The highest BCUT2D eigenvalue weighted by molar-refractivity contribution is 9.10. The molecule has 1 N–H and O–H groups in total. The minimum atomic E-state index is -3.73. The van der Waals surface area contributed by atoms with E-state index < -0.39 is 10.0 Å². The highest BCUT2D eigenvalue weighted by atomic mass is 79.9. The summed E-state index contributed by atoms with van der Waals surface area (Å²) in [7, 11) is -2.18. The zero-order chi connectivity index (χ0) is 16.2. The lowest BCUT2D eigenvalue weighted by atomic mass is 10.2. The van der Waals surface area contributed by atoms with E-state index in [-0.39, 0.29) is 4.90 Å². The van der Waals surface area contributed by atoms with E-state index in [0.29, 0.717) is 16.3 Å². The van der Waals surface area contributed by atoms with E-state index >= 15 is 0 Å². The van der Waals surface area contributed by atoms with E-state index in [4.69, 9.17) is 16.3 Å². The molecule has 2 rings (SSSR count). The third-order valence-corrected chi connectivity index (χ3v) is 4.92. The summed E-state index contributed by atoms with van der Waals surface area (Å²) in [5, 5.41) is 4.23. The minimum Gasteiger partial charge on any atom is -0.497 e. The highest BCUT2D eigenvalue weighted by Gasteiger charge is 2.12. The molecule has 5 nitrogen and oxygen atoms in total. The number of halogens is 2. The first-order valence-electron chi connectivity index (χ1n) is 6.06. The molecule has 22 heavy (non-hydrogen) atoms. The molecular weight excluding hydrogens is 392 g/mol. The van der Waals surface area contributed by atoms with Gasteiger partial charge in [0.05, 0.1) is 18.2 Å². The van der Waals surface area contributed by atoms with E-state index in [1.54, 1.807) is 25.3 Å². The first-order valence-corrected chi connectivity index (χ1v) is 8.72. The number of methoxy groups -OCH3 is 1. The van der Waals surface area contributed by atoms with Crippen molar-refractivity contribution >= 4 is 43.8 Å². The molecule has 0 saturated carbocycles. The number of ether oxygens (including phenoxy) is 1. The van der Waals surface area contributed by atoms with Crippen molar-refractivity contribution in [2.75, 3.05) is 7.11 Å². The molecule has 8 heteroatoms. The molecule has 0 aliphatic rings. The van der Waals surface area contributed by atoms with Gasteiger partial charge >= 0.3 is 0 Å². The molecule has 0 fully saturated rings. The van der Waals surface area contributed by atoms with Gasteiger partial charge < -0.3 is 4.74 Å². The van der Waals surface area contributed by atoms with E-state index in [1.165, 1.54) is 30.5 Å². The number of hydrogen-bond donors (Lipinski definition) is 1. The predicted octanol–water partition coefficient (Wildman–Crippen LogP) is 3.42. The van der Waals surface area contributed by atoms with Gasteiger partial charge in [0.1, 0.15) is 5.75 Å². The fourth-order valence-corrected chi connectivity index (χ4v) is 2.85. The van der Waals surface area contributed by atoms with Gasteiger partial charge in [-0.1, -0.05) is 27.5 Å². The average molecular weight is 404 g/mol. The molecule has 0 radical (unpaired) electrons. The topological polar surface area (TPSA) is 67.8 Å². The summed E-state index contributed by atoms with van der Waals surface area (Å²) in [6, 6.07) is 11.1. The standard InChI is InChI=1S/C14H12BrClN2O3S/c1-21-12-4-7-14(15)10(8-12)9-17-18-22(19,20)13-5-2-11(16)3-6-13/h2-9,18H,1H3/b17-9-. The van der Waals surface area contributed by atoms with Crippen LogP contribution in [0.3, 0.4) is 0 Å². The highest BCUT2D eigenvalue weighted by Crippen LogP contribution is 2.21. The molecule has 0 aliphatic carbocycles. The molecule has 0 aliphatic heterocycles. The summed E-state index contributed by atoms with van der Waals surface area (Å²) in [6.07, 6.45) is 1.39. The zero-order valence-electron chi connectivity index (χ0n) is 11.5. The van der Waals surface area contributed by atoms with Crippen molar-refractivity contribution in [2.45, 2.75) is 4.90 Å². The van der Waals surface area contributed by atoms with Gasteiger partial charge in [0.25, 0.3) is 10.0 Å². The maximum atomic E-state index is 12.0. The zero-order valence-corrected chi connectivity index (χ0v) is 14.6. The third-order valence-electron chi connectivity index (χ3n) is 2.70. The number of hydrogen-bond acceptors (Lipinski definition) is 4. The van der Waals surface area contributed by atoms with Crippen LogP contribution >= 0.6 is 27.5 Å². The minimum absolute atomic E-state index is 0.0822. The van der Waals surface area contributed by atoms with E-state index in [1.807, 2.05) is 0 Å². The molecule has 0 saturated heterocycles. The fraction of sp³-hybridized carbons (Fsp3) is 0.0714. The molecule has 0 aromatic heterocycles. The number of rotatable bonds is 5. The lowest BCUT2D eigenvalue weighted by Gasteiger charge is -2.05. The fourth-order valence-electron chi connectivity index (χ4n) is 1.58. The Bertz CT molecular complexity index is 792. The van der Waals surface area contributed by atoms with Crippen LogP contribution in [0.5, 0.6) is 5.75 Å². The molecule has 0 unspecified atom stereocenters. The normalized spacial score (nSPS) is 11.6. The first-order chi connectivity index (χ1) is 10.4. The summed E-state index contributed by atoms with van der Waals surface area (Å²) in [5.41, 5.74) is 0.679. The summed E-state index contributed by atoms with van der Waals surface area (Å²) < 4.78 is 29.9. The summed E-state index contributed by atoms with van der Waals surface area (Å²) in [4.78, 5) is 2.23. The van der Waals surface area contributed by atoms with Gasteiger partial charge in [0.2, 0.25) is 0 Å². The monoisotopic (exact) mass is 402 g/mol. The van der Waals surface area contributed by atoms with Gasteiger partial charge in [-0.05, 0) is 42.5 Å². The molecule has 0 atom stereocenters. The van der Waals surface area contributed by atoms with E-state index in [0.717, 1.165) is 4.47 Å². The quantitative estimate of drug-likeness (QED) is 0.614. The van der Waals surface area contributed by atoms with Gasteiger partial charge in [0, 0.05) is 15.1 Å². The van der Waals surface area contributed by atoms with Crippen LogP contribution in [0.2, 0.25) is 5.02 Å². The summed E-state index contributed by atoms with van der Waals surface area (Å²) in [6.45, 7) is 0. The number of benzene rings is 2. The average Bonchev–Trinajstić information content (AvgIpc) is 2.49. The molecule has 0 bridgehead atoms. The van der Waals surface area contributed by atoms with Crippen LogP contribution in [-0.2, 0) is 10.0 Å². The molecule has 0 amide bonds. The van der Waals surface area contributed by atoms with Crippen LogP contribution in [0.4, 0.5) is 0 Å². The molecular formula is C14H12BrClN2O3S. The second-order valence-electron chi connectivity index (χ2n) is 4.19. The van der Waals surface area contributed by atoms with Crippen molar-refractivity contribution in [3.63, 3.8) is 0 Å². The SMILES string of the molecule is COc1ccc(Br)c(/C=N\NS(=O)(=O)c2ccc(Cl)cc2)c1. The Morgan fingerprint density at radius 1 is 1.23 bits per heavy atom. The second-order valence-corrected chi connectivity index (χ2v) is 7.15.